The normalized spacial score (nSPS) is 10.0. The summed E-state index contributed by atoms with van der Waals surface area (Å²) in [5, 5.41) is 10.8. The van der Waals surface area contributed by atoms with Gasteiger partial charge in [-0.25, -0.2) is 0 Å². The second-order valence-electron chi connectivity index (χ2n) is 4.25. The first-order valence-electron chi connectivity index (χ1n) is 6.13. The highest BCUT2D eigenvalue weighted by molar-refractivity contribution is 5.97. The van der Waals surface area contributed by atoms with Crippen LogP contribution < -0.4 is 9.47 Å². The quantitative estimate of drug-likeness (QED) is 0.477. The number of methoxy groups -OCH3 is 1. The van der Waals surface area contributed by atoms with Gasteiger partial charge in [-0.2, -0.15) is 0 Å². The maximum atomic E-state index is 11.7. The molecule has 0 aromatic heterocycles. The average molecular weight is 287 g/mol. The Morgan fingerprint density at radius 2 is 1.76 bits per heavy atom. The van der Waals surface area contributed by atoms with Crippen molar-refractivity contribution in [2.45, 2.75) is 6.92 Å². The predicted molar refractivity (Wildman–Crippen MR) is 76.2 cm³/mol. The monoisotopic (exact) mass is 287 g/mol. The number of carbonyl (C=O) groups is 1. The number of hydrogen-bond donors (Lipinski definition) is 0. The van der Waals surface area contributed by atoms with Gasteiger partial charge in [-0.1, -0.05) is 12.1 Å². The summed E-state index contributed by atoms with van der Waals surface area (Å²) in [6, 6.07) is 10.8. The summed E-state index contributed by atoms with van der Waals surface area (Å²) in [5.41, 5.74) is -0.0114. The van der Waals surface area contributed by atoms with Crippen LogP contribution in [0.2, 0.25) is 0 Å². The molecule has 6 nitrogen and oxygen atoms in total. The third-order valence-corrected chi connectivity index (χ3v) is 2.84. The molecule has 0 bridgehead atoms. The standard InChI is InChI=1S/C15H13NO5/c1-10(17)12-9-11(16(18)19)7-8-13(12)21-15-6-4-3-5-14(15)20-2/h3-9H,1-2H3. The molecule has 0 spiro atoms. The van der Waals surface area contributed by atoms with Crippen molar-refractivity contribution < 1.29 is 19.2 Å². The molecule has 0 saturated carbocycles. The molecule has 0 unspecified atom stereocenters. The highest BCUT2D eigenvalue weighted by Gasteiger charge is 2.16. The molecule has 0 radical (unpaired) electrons. The van der Waals surface area contributed by atoms with E-state index in [1.54, 1.807) is 24.3 Å². The molecule has 21 heavy (non-hydrogen) atoms. The zero-order valence-electron chi connectivity index (χ0n) is 11.5. The van der Waals surface area contributed by atoms with Crippen LogP contribution in [0.15, 0.2) is 42.5 Å². The molecule has 6 heteroatoms. The minimum Gasteiger partial charge on any atom is -0.493 e. The van der Waals surface area contributed by atoms with Gasteiger partial charge >= 0.3 is 0 Å². The van der Waals surface area contributed by atoms with Crippen LogP contribution in [0, 0.1) is 10.1 Å². The van der Waals surface area contributed by atoms with Gasteiger partial charge in [0.25, 0.3) is 5.69 Å². The van der Waals surface area contributed by atoms with Gasteiger partial charge in [0.1, 0.15) is 5.75 Å². The Balaban J connectivity index is 2.44. The summed E-state index contributed by atoms with van der Waals surface area (Å²) in [7, 11) is 1.50. The summed E-state index contributed by atoms with van der Waals surface area (Å²) in [4.78, 5) is 21.9. The van der Waals surface area contributed by atoms with Gasteiger partial charge in [0.2, 0.25) is 0 Å². The third kappa shape index (κ3) is 3.17. The fourth-order valence-corrected chi connectivity index (χ4v) is 1.82. The van der Waals surface area contributed by atoms with E-state index in [-0.39, 0.29) is 22.8 Å². The molecule has 0 amide bonds. The Morgan fingerprint density at radius 3 is 2.33 bits per heavy atom. The molecule has 2 aromatic rings. The highest BCUT2D eigenvalue weighted by atomic mass is 16.6. The van der Waals surface area contributed by atoms with E-state index in [0.717, 1.165) is 0 Å². The number of Topliss-reactive ketones (excluding diaryl/α,β-unsaturated/α-hetero) is 1. The molecule has 0 atom stereocenters. The van der Waals surface area contributed by atoms with E-state index in [1.807, 2.05) is 0 Å². The number of carbonyl (C=O) groups excluding carboxylic acids is 1. The van der Waals surface area contributed by atoms with Crippen LogP contribution in [0.1, 0.15) is 17.3 Å². The smallest absolute Gasteiger partial charge is 0.270 e. The number of para-hydroxylation sites is 2. The first-order chi connectivity index (χ1) is 10.0. The first kappa shape index (κ1) is 14.5. The number of ketones is 1. The second-order valence-corrected chi connectivity index (χ2v) is 4.25. The van der Waals surface area contributed by atoms with Crippen LogP contribution in [-0.2, 0) is 0 Å². The Morgan fingerprint density at radius 1 is 1.10 bits per heavy atom. The van der Waals surface area contributed by atoms with Crippen LogP contribution in [0.5, 0.6) is 17.2 Å². The molecule has 0 saturated heterocycles. The lowest BCUT2D eigenvalue weighted by Gasteiger charge is -2.12. The Kier molecular flexibility index (Phi) is 4.18. The molecule has 108 valence electrons. The fraction of sp³-hybridized carbons (Fsp3) is 0.133. The van der Waals surface area contributed by atoms with Gasteiger partial charge in [-0.15, -0.1) is 0 Å². The van der Waals surface area contributed by atoms with E-state index in [0.29, 0.717) is 11.5 Å². The summed E-state index contributed by atoms with van der Waals surface area (Å²) in [5.74, 6) is 0.864. The van der Waals surface area contributed by atoms with E-state index < -0.39 is 4.92 Å². The van der Waals surface area contributed by atoms with Crippen LogP contribution in [0.25, 0.3) is 0 Å². The van der Waals surface area contributed by atoms with Crippen LogP contribution in [0.3, 0.4) is 0 Å². The first-order valence-corrected chi connectivity index (χ1v) is 6.13. The molecule has 0 aliphatic heterocycles. The van der Waals surface area contributed by atoms with Crippen LogP contribution >= 0.6 is 0 Å². The maximum Gasteiger partial charge on any atom is 0.270 e. The number of nitro groups is 1. The molecule has 0 heterocycles. The van der Waals surface area contributed by atoms with Gasteiger partial charge in [-0.3, -0.25) is 14.9 Å². The molecule has 0 aliphatic carbocycles. The molecule has 0 N–H and O–H groups in total. The van der Waals surface area contributed by atoms with Gasteiger partial charge < -0.3 is 9.47 Å². The van der Waals surface area contributed by atoms with Gasteiger partial charge in [-0.05, 0) is 25.1 Å². The summed E-state index contributed by atoms with van der Waals surface area (Å²) < 4.78 is 10.8. The number of ether oxygens (including phenoxy) is 2. The van der Waals surface area contributed by atoms with E-state index >= 15 is 0 Å². The summed E-state index contributed by atoms with van der Waals surface area (Å²) in [6.45, 7) is 1.33. The summed E-state index contributed by atoms with van der Waals surface area (Å²) >= 11 is 0. The van der Waals surface area contributed by atoms with Crippen molar-refractivity contribution in [1.82, 2.24) is 0 Å². The molecule has 0 aliphatic rings. The Bertz CT molecular complexity index is 696. The van der Waals surface area contributed by atoms with Crippen molar-refractivity contribution in [3.63, 3.8) is 0 Å². The lowest BCUT2D eigenvalue weighted by atomic mass is 10.1. The largest absolute Gasteiger partial charge is 0.493 e. The number of nitrogens with zero attached hydrogens (tertiary/aromatic N) is 1. The minimum absolute atomic E-state index is 0.148. The fourth-order valence-electron chi connectivity index (χ4n) is 1.82. The van der Waals surface area contributed by atoms with E-state index in [4.69, 9.17) is 9.47 Å². The van der Waals surface area contributed by atoms with E-state index in [9.17, 15) is 14.9 Å². The van der Waals surface area contributed by atoms with Gasteiger partial charge in [0.05, 0.1) is 17.6 Å². The Hall–Kier alpha value is -2.89. The number of rotatable bonds is 5. The van der Waals surface area contributed by atoms with Crippen molar-refractivity contribution in [3.8, 4) is 17.2 Å². The number of non-ortho nitro benzene ring substituents is 1. The minimum atomic E-state index is -0.556. The predicted octanol–water partition coefficient (Wildman–Crippen LogP) is 3.60. The van der Waals surface area contributed by atoms with Gasteiger partial charge in [0, 0.05) is 12.1 Å². The zero-order valence-corrected chi connectivity index (χ0v) is 11.5. The maximum absolute atomic E-state index is 11.7. The molecular formula is C15H13NO5. The molecular weight excluding hydrogens is 274 g/mol. The van der Waals surface area contributed by atoms with Crippen molar-refractivity contribution >= 4 is 11.5 Å². The van der Waals surface area contributed by atoms with Crippen molar-refractivity contribution in [1.29, 1.82) is 0 Å². The third-order valence-electron chi connectivity index (χ3n) is 2.84. The molecule has 2 aromatic carbocycles. The van der Waals surface area contributed by atoms with Crippen molar-refractivity contribution in [2.75, 3.05) is 7.11 Å². The number of nitro benzene ring substituents is 1. The lowest BCUT2D eigenvalue weighted by molar-refractivity contribution is -0.384. The van der Waals surface area contributed by atoms with Crippen molar-refractivity contribution in [2.24, 2.45) is 0 Å². The second kappa shape index (κ2) is 6.04. The van der Waals surface area contributed by atoms with Crippen molar-refractivity contribution in [3.05, 3.63) is 58.1 Å². The average Bonchev–Trinajstić information content (AvgIpc) is 2.47. The zero-order chi connectivity index (χ0) is 15.4. The van der Waals surface area contributed by atoms with E-state index in [2.05, 4.69) is 0 Å². The molecule has 2 rings (SSSR count). The van der Waals surface area contributed by atoms with Gasteiger partial charge in [0.15, 0.2) is 17.3 Å². The topological polar surface area (TPSA) is 78.7 Å². The number of benzene rings is 2. The highest BCUT2D eigenvalue weighted by Crippen LogP contribution is 2.34. The number of hydrogen-bond acceptors (Lipinski definition) is 5. The Labute approximate surface area is 121 Å². The SMILES string of the molecule is COc1ccccc1Oc1ccc([N+](=O)[O-])cc1C(C)=O. The summed E-state index contributed by atoms with van der Waals surface area (Å²) in [6.07, 6.45) is 0. The van der Waals surface area contributed by atoms with Crippen LogP contribution in [0.4, 0.5) is 5.69 Å². The molecule has 0 fully saturated rings. The van der Waals surface area contributed by atoms with E-state index in [1.165, 1.54) is 32.2 Å². The van der Waals surface area contributed by atoms with Crippen LogP contribution in [-0.4, -0.2) is 17.8 Å². The lowest BCUT2D eigenvalue weighted by Crippen LogP contribution is -2.00.